The number of rotatable bonds is 12. The van der Waals surface area contributed by atoms with Crippen molar-refractivity contribution < 1.29 is 19.5 Å². The third kappa shape index (κ3) is 8.05. The molecule has 8 nitrogen and oxygen atoms in total. The first-order valence-electron chi connectivity index (χ1n) is 17.8. The Morgan fingerprint density at radius 3 is 2.27 bits per heavy atom. The summed E-state index contributed by atoms with van der Waals surface area (Å²) >= 11 is 1.42. The highest BCUT2D eigenvalue weighted by Crippen LogP contribution is 2.42. The quantitative estimate of drug-likeness (QED) is 0.208. The van der Waals surface area contributed by atoms with E-state index in [1.807, 2.05) is 49.6 Å². The summed E-state index contributed by atoms with van der Waals surface area (Å²) in [6.07, 6.45) is 19.3. The summed E-state index contributed by atoms with van der Waals surface area (Å²) in [4.78, 5) is 50.4. The fourth-order valence-corrected chi connectivity index (χ4v) is 8.57. The van der Waals surface area contributed by atoms with Gasteiger partial charge >= 0.3 is 5.97 Å². The maximum atomic E-state index is 13.4. The van der Waals surface area contributed by atoms with E-state index >= 15 is 0 Å². The average molecular weight is 669 g/mol. The number of hydrogen-bond donors (Lipinski definition) is 2. The lowest BCUT2D eigenvalue weighted by atomic mass is 9.70. The SMILES string of the molecule is CCCC1CCC(C2CC=C(c3cnc(-c4ccc(C[C@H](NC(=O)c5ccc(CC)s5)C(=O)N5CC(C(=O)O)C5)cc4)nc3)CC2)CC1. The monoisotopic (exact) mass is 668 g/mol. The van der Waals surface area contributed by atoms with Crippen molar-refractivity contribution in [1.82, 2.24) is 20.2 Å². The van der Waals surface area contributed by atoms with Crippen molar-refractivity contribution in [2.24, 2.45) is 23.7 Å². The van der Waals surface area contributed by atoms with Crippen molar-refractivity contribution in [3.63, 3.8) is 0 Å². The minimum Gasteiger partial charge on any atom is -0.481 e. The highest BCUT2D eigenvalue weighted by atomic mass is 32.1. The molecule has 0 radical (unpaired) electrons. The highest BCUT2D eigenvalue weighted by molar-refractivity contribution is 7.14. The molecule has 1 saturated carbocycles. The lowest BCUT2D eigenvalue weighted by Crippen LogP contribution is -2.59. The summed E-state index contributed by atoms with van der Waals surface area (Å²) in [6.45, 7) is 4.66. The summed E-state index contributed by atoms with van der Waals surface area (Å²) in [6, 6.07) is 10.7. The first-order valence-corrected chi connectivity index (χ1v) is 18.6. The molecule has 254 valence electrons. The van der Waals surface area contributed by atoms with Crippen LogP contribution in [0.3, 0.4) is 0 Å². The van der Waals surface area contributed by atoms with Crippen LogP contribution in [-0.2, 0) is 22.4 Å². The Morgan fingerprint density at radius 1 is 0.938 bits per heavy atom. The molecule has 2 N–H and O–H groups in total. The van der Waals surface area contributed by atoms with Crippen molar-refractivity contribution in [3.05, 3.63) is 75.7 Å². The number of hydrogen-bond acceptors (Lipinski definition) is 6. The number of likely N-dealkylation sites (tertiary alicyclic amines) is 1. The predicted molar refractivity (Wildman–Crippen MR) is 190 cm³/mol. The zero-order valence-corrected chi connectivity index (χ0v) is 29.0. The number of nitrogens with one attached hydrogen (secondary N) is 1. The zero-order valence-electron chi connectivity index (χ0n) is 28.2. The second-order valence-corrected chi connectivity index (χ2v) is 15.1. The molecule has 2 atom stereocenters. The Balaban J connectivity index is 1.07. The van der Waals surface area contributed by atoms with Gasteiger partial charge in [0.1, 0.15) is 6.04 Å². The summed E-state index contributed by atoms with van der Waals surface area (Å²) in [5, 5.41) is 12.2. The topological polar surface area (TPSA) is 112 Å². The average Bonchev–Trinajstić information content (AvgIpc) is 3.58. The molecule has 2 fully saturated rings. The summed E-state index contributed by atoms with van der Waals surface area (Å²) in [7, 11) is 0. The number of aliphatic carboxylic acids is 1. The van der Waals surface area contributed by atoms with Crippen LogP contribution in [0.15, 0.2) is 54.9 Å². The summed E-state index contributed by atoms with van der Waals surface area (Å²) < 4.78 is 0. The number of allylic oxidation sites excluding steroid dienone is 2. The van der Waals surface area contributed by atoms with Crippen molar-refractivity contribution in [2.45, 2.75) is 90.5 Å². The number of carboxylic acids is 1. The van der Waals surface area contributed by atoms with E-state index in [-0.39, 0.29) is 24.9 Å². The van der Waals surface area contributed by atoms with Crippen molar-refractivity contribution in [1.29, 1.82) is 0 Å². The van der Waals surface area contributed by atoms with Gasteiger partial charge in [0, 0.05) is 47.9 Å². The molecule has 1 unspecified atom stereocenters. The van der Waals surface area contributed by atoms with Gasteiger partial charge < -0.3 is 15.3 Å². The smallest absolute Gasteiger partial charge is 0.310 e. The van der Waals surface area contributed by atoms with Crippen LogP contribution < -0.4 is 5.32 Å². The molecule has 2 aliphatic carbocycles. The van der Waals surface area contributed by atoms with Crippen molar-refractivity contribution >= 4 is 34.7 Å². The molecule has 3 heterocycles. The lowest BCUT2D eigenvalue weighted by molar-refractivity contribution is -0.153. The number of aryl methyl sites for hydroxylation is 1. The Bertz CT molecular complexity index is 1600. The molecule has 9 heteroatoms. The van der Waals surface area contributed by atoms with Crippen molar-refractivity contribution in [3.8, 4) is 11.4 Å². The maximum Gasteiger partial charge on any atom is 0.310 e. The fraction of sp³-hybridized carbons (Fsp3) is 0.513. The van der Waals surface area contributed by atoms with Gasteiger partial charge in [-0.05, 0) is 79.5 Å². The van der Waals surface area contributed by atoms with Crippen molar-refractivity contribution in [2.75, 3.05) is 13.1 Å². The van der Waals surface area contributed by atoms with Crippen LogP contribution >= 0.6 is 11.3 Å². The van der Waals surface area contributed by atoms with E-state index in [9.17, 15) is 19.5 Å². The van der Waals surface area contributed by atoms with Gasteiger partial charge in [0.2, 0.25) is 5.91 Å². The van der Waals surface area contributed by atoms with E-state index < -0.39 is 17.9 Å². The van der Waals surface area contributed by atoms with Gasteiger partial charge in [0.25, 0.3) is 5.91 Å². The standard InChI is InChI=1S/C39H48N4O4S/c1-3-5-25-6-10-27(11-7-25)28-14-16-29(17-15-28)31-21-40-36(41-22-31)30-12-8-26(9-13-30)20-34(38(45)43-23-32(24-43)39(46)47)42-37(44)35-19-18-33(4-2)48-35/h8-9,12-13,16,18-19,21-22,25,27-28,32,34H,3-7,10-11,14-15,17,20,23-24H2,1-2H3,(H,42,44)(H,46,47)/t25?,27?,28?,34-/m0/s1. The van der Waals surface area contributed by atoms with Crippen LogP contribution in [0.2, 0.25) is 0 Å². The molecule has 0 spiro atoms. The molecule has 2 amide bonds. The molecular weight excluding hydrogens is 621 g/mol. The van der Waals surface area contributed by atoms with Crippen LogP contribution in [0.4, 0.5) is 0 Å². The molecule has 1 aliphatic heterocycles. The van der Waals surface area contributed by atoms with Crippen LogP contribution in [0.5, 0.6) is 0 Å². The number of benzene rings is 1. The van der Waals surface area contributed by atoms with Crippen LogP contribution in [0, 0.1) is 23.7 Å². The molecule has 1 saturated heterocycles. The largest absolute Gasteiger partial charge is 0.481 e. The number of carbonyl (C=O) groups excluding carboxylic acids is 2. The number of thiophene rings is 1. The van der Waals surface area contributed by atoms with E-state index in [1.54, 1.807) is 6.07 Å². The molecule has 6 rings (SSSR count). The van der Waals surface area contributed by atoms with Gasteiger partial charge in [-0.1, -0.05) is 69.9 Å². The number of amides is 2. The number of aromatic nitrogens is 2. The predicted octanol–water partition coefficient (Wildman–Crippen LogP) is 7.44. The van der Waals surface area contributed by atoms with Gasteiger partial charge in [-0.2, -0.15) is 0 Å². The van der Waals surface area contributed by atoms with Crippen LogP contribution in [-0.4, -0.2) is 56.9 Å². The summed E-state index contributed by atoms with van der Waals surface area (Å²) in [5.41, 5.74) is 4.22. The highest BCUT2D eigenvalue weighted by Gasteiger charge is 2.39. The Morgan fingerprint density at radius 2 is 1.67 bits per heavy atom. The van der Waals surface area contributed by atoms with E-state index in [4.69, 9.17) is 9.97 Å². The minimum atomic E-state index is -0.907. The molecule has 1 aromatic carbocycles. The van der Waals surface area contributed by atoms with Crippen LogP contribution in [0.25, 0.3) is 17.0 Å². The van der Waals surface area contributed by atoms with E-state index in [0.717, 1.165) is 58.6 Å². The molecule has 48 heavy (non-hydrogen) atoms. The summed E-state index contributed by atoms with van der Waals surface area (Å²) in [5.74, 6) is 1.28. The van der Waals surface area contributed by atoms with Gasteiger partial charge in [-0.15, -0.1) is 11.3 Å². The molecule has 0 bridgehead atoms. The molecular formula is C39H48N4O4S. The van der Waals surface area contributed by atoms with Gasteiger partial charge in [-0.3, -0.25) is 14.4 Å². The Labute approximate surface area is 288 Å². The number of carbonyl (C=O) groups is 3. The Hall–Kier alpha value is -3.85. The molecule has 3 aliphatic rings. The van der Waals surface area contributed by atoms with Crippen LogP contribution in [0.1, 0.15) is 97.3 Å². The maximum absolute atomic E-state index is 13.4. The molecule has 3 aromatic rings. The number of carboxylic acid groups (broad SMARTS) is 1. The van der Waals surface area contributed by atoms with Gasteiger partial charge in [0.15, 0.2) is 5.82 Å². The normalized spacial score (nSPS) is 22.0. The first kappa shape index (κ1) is 34.0. The van der Waals surface area contributed by atoms with Gasteiger partial charge in [-0.25, -0.2) is 9.97 Å². The van der Waals surface area contributed by atoms with Gasteiger partial charge in [0.05, 0.1) is 10.8 Å². The Kier molecular flexibility index (Phi) is 11.0. The lowest BCUT2D eigenvalue weighted by Gasteiger charge is -2.38. The fourth-order valence-electron chi connectivity index (χ4n) is 7.72. The minimum absolute atomic E-state index is 0.156. The second kappa shape index (κ2) is 15.6. The van der Waals surface area contributed by atoms with E-state index in [1.165, 1.54) is 66.8 Å². The third-order valence-corrected chi connectivity index (χ3v) is 12.0. The third-order valence-electron chi connectivity index (χ3n) is 10.8. The van der Waals surface area contributed by atoms with E-state index in [2.05, 4.69) is 18.3 Å². The van der Waals surface area contributed by atoms with E-state index in [0.29, 0.717) is 17.1 Å². The number of nitrogens with zero attached hydrogens (tertiary/aromatic N) is 3. The second-order valence-electron chi connectivity index (χ2n) is 14.0. The zero-order chi connectivity index (χ0) is 33.6. The molecule has 2 aromatic heterocycles. The first-order chi connectivity index (χ1) is 23.3.